The lowest BCUT2D eigenvalue weighted by Crippen LogP contribution is -2.46. The van der Waals surface area contributed by atoms with Gasteiger partial charge in [-0.1, -0.05) is 44.5 Å². The van der Waals surface area contributed by atoms with Crippen molar-refractivity contribution in [3.05, 3.63) is 42.4 Å². The Morgan fingerprint density at radius 2 is 1.81 bits per heavy atom. The number of aromatic nitrogens is 2. The molecule has 1 atom stereocenters. The highest BCUT2D eigenvalue weighted by Crippen LogP contribution is 2.56. The summed E-state index contributed by atoms with van der Waals surface area (Å²) in [5, 5.41) is 3.18. The number of imidazole rings is 1. The van der Waals surface area contributed by atoms with Crippen LogP contribution in [0.5, 0.6) is 0 Å². The zero-order valence-electron chi connectivity index (χ0n) is 18.7. The van der Waals surface area contributed by atoms with Crippen molar-refractivity contribution in [2.45, 2.75) is 71.3 Å². The van der Waals surface area contributed by atoms with Gasteiger partial charge in [-0.3, -0.25) is 9.59 Å². The van der Waals surface area contributed by atoms with E-state index in [1.807, 2.05) is 12.5 Å². The van der Waals surface area contributed by atoms with Crippen LogP contribution in [0.4, 0.5) is 0 Å². The monoisotopic (exact) mass is 419 g/mol. The lowest BCUT2D eigenvalue weighted by Gasteiger charge is -2.41. The maximum absolute atomic E-state index is 13.8. The van der Waals surface area contributed by atoms with Crippen LogP contribution in [-0.2, 0) is 9.59 Å². The highest BCUT2D eigenvalue weighted by molar-refractivity contribution is 5.88. The van der Waals surface area contributed by atoms with Gasteiger partial charge in [0, 0.05) is 29.4 Å². The van der Waals surface area contributed by atoms with Gasteiger partial charge in [0.2, 0.25) is 5.91 Å². The number of Topliss-reactive ketones (excluding diaryl/α,β-unsaturated/α-hetero) is 1. The molecular weight excluding hydrogens is 386 g/mol. The molecule has 5 nitrogen and oxygen atoms in total. The number of fused-ring (bicyclic) bond motifs is 7. The van der Waals surface area contributed by atoms with E-state index in [1.54, 1.807) is 0 Å². The predicted molar refractivity (Wildman–Crippen MR) is 120 cm³/mol. The summed E-state index contributed by atoms with van der Waals surface area (Å²) in [6.45, 7) is 4.99. The van der Waals surface area contributed by atoms with Crippen LogP contribution in [0, 0.1) is 16.7 Å². The summed E-state index contributed by atoms with van der Waals surface area (Å²) in [4.78, 5) is 31.1. The molecule has 1 aromatic carbocycles. The number of ketones is 1. The molecule has 5 heteroatoms. The molecule has 1 amide bonds. The Kier molecular flexibility index (Phi) is 5.03. The lowest BCUT2D eigenvalue weighted by molar-refractivity contribution is -0.139. The Labute approximate surface area is 184 Å². The van der Waals surface area contributed by atoms with Crippen LogP contribution in [-0.4, -0.2) is 27.8 Å². The van der Waals surface area contributed by atoms with E-state index >= 15 is 0 Å². The summed E-state index contributed by atoms with van der Waals surface area (Å²) < 4.78 is 2.17. The summed E-state index contributed by atoms with van der Waals surface area (Å²) in [5.74, 6) is 1.06. The summed E-state index contributed by atoms with van der Waals surface area (Å²) in [6.07, 6.45) is 10.5. The number of hydrogen-bond donors (Lipinski definition) is 1. The molecule has 2 bridgehead atoms. The van der Waals surface area contributed by atoms with Gasteiger partial charge in [0.1, 0.15) is 5.78 Å². The quantitative estimate of drug-likeness (QED) is 0.723. The summed E-state index contributed by atoms with van der Waals surface area (Å²) >= 11 is 0. The van der Waals surface area contributed by atoms with E-state index in [9.17, 15) is 9.59 Å². The number of nitrogens with one attached hydrogen (secondary N) is 1. The van der Waals surface area contributed by atoms with Crippen molar-refractivity contribution in [3.8, 4) is 11.3 Å². The van der Waals surface area contributed by atoms with Gasteiger partial charge in [0.05, 0.1) is 24.3 Å². The minimum atomic E-state index is -0.257. The van der Waals surface area contributed by atoms with Gasteiger partial charge in [0.15, 0.2) is 0 Å². The molecule has 6 rings (SSSR count). The van der Waals surface area contributed by atoms with E-state index in [1.165, 1.54) is 11.1 Å². The molecule has 1 N–H and O–H groups in total. The van der Waals surface area contributed by atoms with Crippen LogP contribution in [0.15, 0.2) is 36.8 Å². The third-order valence-corrected chi connectivity index (χ3v) is 8.20. The van der Waals surface area contributed by atoms with E-state index in [2.05, 4.69) is 53.0 Å². The van der Waals surface area contributed by atoms with Crippen molar-refractivity contribution in [2.24, 2.45) is 16.7 Å². The molecule has 3 saturated carbocycles. The first-order valence-corrected chi connectivity index (χ1v) is 11.9. The van der Waals surface area contributed by atoms with Crippen molar-refractivity contribution in [1.82, 2.24) is 14.9 Å². The standard InChI is InChI=1S/C26H33N3O2/c1-18(2)15-28-24(31)26-9-5-8-25(10-12-26,11-13-26)23(30)14-21-19-6-3-4-7-20(19)22-16-27-17-29(21)22/h3-4,6-7,16-18,21H,5,8-15H2,1-2H3,(H,28,31). The average molecular weight is 420 g/mol. The molecule has 31 heavy (non-hydrogen) atoms. The minimum absolute atomic E-state index is 0.0415. The molecule has 0 radical (unpaired) electrons. The highest BCUT2D eigenvalue weighted by atomic mass is 16.2. The first-order chi connectivity index (χ1) is 14.9. The maximum atomic E-state index is 13.8. The Hall–Kier alpha value is -2.43. The zero-order chi connectivity index (χ0) is 21.6. The molecule has 1 aliphatic heterocycles. The smallest absolute Gasteiger partial charge is 0.226 e. The first-order valence-electron chi connectivity index (χ1n) is 11.9. The number of rotatable bonds is 6. The fourth-order valence-electron chi connectivity index (χ4n) is 6.25. The summed E-state index contributed by atoms with van der Waals surface area (Å²) in [5.41, 5.74) is 3.02. The Bertz CT molecular complexity index is 998. The Morgan fingerprint density at radius 3 is 2.58 bits per heavy atom. The molecule has 4 aliphatic rings. The van der Waals surface area contributed by atoms with Crippen molar-refractivity contribution in [3.63, 3.8) is 0 Å². The van der Waals surface area contributed by atoms with Crippen molar-refractivity contribution < 1.29 is 9.59 Å². The van der Waals surface area contributed by atoms with Crippen LogP contribution >= 0.6 is 0 Å². The Balaban J connectivity index is 1.33. The lowest BCUT2D eigenvalue weighted by atomic mass is 9.62. The second-order valence-electron chi connectivity index (χ2n) is 10.4. The second kappa shape index (κ2) is 7.61. The normalized spacial score (nSPS) is 28.8. The average Bonchev–Trinajstić information content (AvgIpc) is 3.22. The van der Waals surface area contributed by atoms with Gasteiger partial charge < -0.3 is 9.88 Å². The molecule has 0 saturated heterocycles. The number of benzene rings is 1. The third kappa shape index (κ3) is 3.33. The molecule has 3 fully saturated rings. The van der Waals surface area contributed by atoms with E-state index in [0.29, 0.717) is 18.1 Å². The predicted octanol–water partition coefficient (Wildman–Crippen LogP) is 4.92. The molecule has 1 unspecified atom stereocenters. The SMILES string of the molecule is CC(C)CNC(=O)C12CCCC(C(=O)CC3c4ccccc4-c4cncn43)(CC1)CC2. The number of amides is 1. The number of carbonyl (C=O) groups is 2. The molecule has 2 aromatic rings. The van der Waals surface area contributed by atoms with Crippen LogP contribution in [0.25, 0.3) is 11.3 Å². The van der Waals surface area contributed by atoms with Crippen molar-refractivity contribution >= 4 is 11.7 Å². The summed E-state index contributed by atoms with van der Waals surface area (Å²) in [6, 6.07) is 8.43. The molecule has 3 aliphatic carbocycles. The van der Waals surface area contributed by atoms with E-state index in [0.717, 1.165) is 57.2 Å². The molecule has 2 heterocycles. The van der Waals surface area contributed by atoms with E-state index < -0.39 is 0 Å². The van der Waals surface area contributed by atoms with E-state index in [4.69, 9.17) is 0 Å². The fraction of sp³-hybridized carbons (Fsp3) is 0.577. The van der Waals surface area contributed by atoms with Crippen molar-refractivity contribution in [1.29, 1.82) is 0 Å². The molecule has 164 valence electrons. The molecule has 1 aromatic heterocycles. The van der Waals surface area contributed by atoms with Gasteiger partial charge in [0.25, 0.3) is 0 Å². The maximum Gasteiger partial charge on any atom is 0.226 e. The topological polar surface area (TPSA) is 64.0 Å². The summed E-state index contributed by atoms with van der Waals surface area (Å²) in [7, 11) is 0. The van der Waals surface area contributed by atoms with Crippen LogP contribution < -0.4 is 5.32 Å². The molecular formula is C26H33N3O2. The first kappa shape index (κ1) is 20.5. The van der Waals surface area contributed by atoms with Crippen LogP contribution in [0.1, 0.15) is 76.8 Å². The van der Waals surface area contributed by atoms with Gasteiger partial charge in [-0.05, 0) is 50.0 Å². The number of carbonyl (C=O) groups excluding carboxylic acids is 2. The highest BCUT2D eigenvalue weighted by Gasteiger charge is 2.52. The Morgan fingerprint density at radius 1 is 1.10 bits per heavy atom. The third-order valence-electron chi connectivity index (χ3n) is 8.20. The van der Waals surface area contributed by atoms with Gasteiger partial charge >= 0.3 is 0 Å². The van der Waals surface area contributed by atoms with Crippen LogP contribution in [0.2, 0.25) is 0 Å². The largest absolute Gasteiger partial charge is 0.355 e. The number of hydrogen-bond acceptors (Lipinski definition) is 3. The minimum Gasteiger partial charge on any atom is -0.355 e. The number of nitrogens with zero attached hydrogens (tertiary/aromatic N) is 2. The zero-order valence-corrected chi connectivity index (χ0v) is 18.7. The van der Waals surface area contributed by atoms with Crippen molar-refractivity contribution in [2.75, 3.05) is 6.54 Å². The second-order valence-corrected chi connectivity index (χ2v) is 10.4. The van der Waals surface area contributed by atoms with Gasteiger partial charge in [-0.25, -0.2) is 4.98 Å². The van der Waals surface area contributed by atoms with Gasteiger partial charge in [-0.15, -0.1) is 0 Å². The van der Waals surface area contributed by atoms with E-state index in [-0.39, 0.29) is 22.8 Å². The van der Waals surface area contributed by atoms with Gasteiger partial charge in [-0.2, -0.15) is 0 Å². The molecule has 0 spiro atoms. The fourth-order valence-corrected chi connectivity index (χ4v) is 6.25. The van der Waals surface area contributed by atoms with Crippen LogP contribution in [0.3, 0.4) is 0 Å².